The summed E-state index contributed by atoms with van der Waals surface area (Å²) in [5, 5.41) is 3.95. The van der Waals surface area contributed by atoms with Gasteiger partial charge in [0.05, 0.1) is 0 Å². The summed E-state index contributed by atoms with van der Waals surface area (Å²) < 4.78 is 1.07. The Kier molecular flexibility index (Phi) is 5.39. The van der Waals surface area contributed by atoms with E-state index in [9.17, 15) is 4.79 Å². The van der Waals surface area contributed by atoms with E-state index in [0.29, 0.717) is 17.1 Å². The van der Waals surface area contributed by atoms with Crippen LogP contribution in [0.1, 0.15) is 34.5 Å². The minimum Gasteiger partial charge on any atom is -0.366 e. The molecule has 0 saturated heterocycles. The molecule has 5 heteroatoms. The molecule has 21 heavy (non-hydrogen) atoms. The van der Waals surface area contributed by atoms with Gasteiger partial charge in [-0.3, -0.25) is 4.79 Å². The zero-order valence-corrected chi connectivity index (χ0v) is 13.9. The van der Waals surface area contributed by atoms with Gasteiger partial charge in [0.25, 0.3) is 0 Å². The van der Waals surface area contributed by atoms with E-state index < -0.39 is 5.91 Å². The average molecular weight is 368 g/mol. The van der Waals surface area contributed by atoms with Gasteiger partial charge in [0, 0.05) is 27.6 Å². The number of carbonyl (C=O) groups excluding carboxylic acids is 1. The van der Waals surface area contributed by atoms with E-state index in [-0.39, 0.29) is 6.04 Å². The number of halogens is 2. The van der Waals surface area contributed by atoms with Gasteiger partial charge in [-0.15, -0.1) is 0 Å². The van der Waals surface area contributed by atoms with E-state index in [1.165, 1.54) is 5.56 Å². The Morgan fingerprint density at radius 1 is 1.33 bits per heavy atom. The lowest BCUT2D eigenvalue weighted by atomic mass is 10.1. The Balaban J connectivity index is 2.06. The van der Waals surface area contributed by atoms with Gasteiger partial charge in [-0.25, -0.2) is 0 Å². The summed E-state index contributed by atoms with van der Waals surface area (Å²) in [5.41, 5.74) is 7.76. The number of hydrogen-bond donors (Lipinski definition) is 2. The third kappa shape index (κ3) is 4.06. The van der Waals surface area contributed by atoms with E-state index >= 15 is 0 Å². The van der Waals surface area contributed by atoms with Gasteiger partial charge in [0.2, 0.25) is 5.91 Å². The van der Waals surface area contributed by atoms with E-state index in [0.717, 1.165) is 10.0 Å². The zero-order chi connectivity index (χ0) is 15.4. The second kappa shape index (κ2) is 7.07. The summed E-state index contributed by atoms with van der Waals surface area (Å²) in [4.78, 5) is 11.1. The third-order valence-corrected chi connectivity index (χ3v) is 4.38. The van der Waals surface area contributed by atoms with Crippen molar-refractivity contribution in [1.82, 2.24) is 5.32 Å². The molecule has 3 N–H and O–H groups in total. The molecular formula is C16H16BrClN2O. The summed E-state index contributed by atoms with van der Waals surface area (Å²) in [6.07, 6.45) is 0. The predicted octanol–water partition coefficient (Wildman–Crippen LogP) is 4.05. The Morgan fingerprint density at radius 3 is 2.67 bits per heavy atom. The molecule has 1 atom stereocenters. The first-order valence-corrected chi connectivity index (χ1v) is 7.72. The number of rotatable bonds is 5. The van der Waals surface area contributed by atoms with Crippen molar-refractivity contribution in [2.24, 2.45) is 5.73 Å². The first-order valence-electron chi connectivity index (χ1n) is 6.55. The van der Waals surface area contributed by atoms with Crippen LogP contribution >= 0.6 is 27.5 Å². The summed E-state index contributed by atoms with van der Waals surface area (Å²) in [7, 11) is 0. The van der Waals surface area contributed by atoms with E-state index in [2.05, 4.69) is 34.2 Å². The molecule has 2 aromatic carbocycles. The summed E-state index contributed by atoms with van der Waals surface area (Å²) in [6, 6.07) is 13.4. The van der Waals surface area contributed by atoms with Crippen molar-refractivity contribution in [3.8, 4) is 0 Å². The first-order chi connectivity index (χ1) is 9.99. The lowest BCUT2D eigenvalue weighted by molar-refractivity contribution is 0.100. The predicted molar refractivity (Wildman–Crippen MR) is 89.4 cm³/mol. The van der Waals surface area contributed by atoms with E-state index in [1.807, 2.05) is 24.3 Å². The third-order valence-electron chi connectivity index (χ3n) is 3.31. The van der Waals surface area contributed by atoms with Gasteiger partial charge in [-0.05, 0) is 36.2 Å². The molecule has 0 unspecified atom stereocenters. The number of primary amides is 1. The van der Waals surface area contributed by atoms with Gasteiger partial charge in [-0.1, -0.05) is 51.8 Å². The molecule has 0 radical (unpaired) electrons. The van der Waals surface area contributed by atoms with Crippen LogP contribution in [0.3, 0.4) is 0 Å². The topological polar surface area (TPSA) is 55.1 Å². The fraction of sp³-hybridized carbons (Fsp3) is 0.188. The maximum absolute atomic E-state index is 11.1. The smallest absolute Gasteiger partial charge is 0.248 e. The fourth-order valence-electron chi connectivity index (χ4n) is 2.04. The van der Waals surface area contributed by atoms with Crippen LogP contribution in [-0.4, -0.2) is 5.91 Å². The Bertz CT molecular complexity index is 660. The SMILES string of the molecule is C[C@H](NCc1ccc(C(N)=O)cc1Cl)c1ccccc1Br. The van der Waals surface area contributed by atoms with Crippen molar-refractivity contribution in [3.05, 3.63) is 68.7 Å². The molecule has 0 spiro atoms. The van der Waals surface area contributed by atoms with Crippen molar-refractivity contribution in [2.45, 2.75) is 19.5 Å². The van der Waals surface area contributed by atoms with Crippen LogP contribution < -0.4 is 11.1 Å². The van der Waals surface area contributed by atoms with Gasteiger partial charge < -0.3 is 11.1 Å². The maximum Gasteiger partial charge on any atom is 0.248 e. The first kappa shape index (κ1) is 16.0. The minimum absolute atomic E-state index is 0.174. The van der Waals surface area contributed by atoms with Crippen LogP contribution in [0.4, 0.5) is 0 Å². The molecule has 0 bridgehead atoms. The van der Waals surface area contributed by atoms with Crippen molar-refractivity contribution in [2.75, 3.05) is 0 Å². The molecule has 0 heterocycles. The van der Waals surface area contributed by atoms with Crippen LogP contribution in [-0.2, 0) is 6.54 Å². The lowest BCUT2D eigenvalue weighted by Gasteiger charge is -2.16. The molecule has 0 aromatic heterocycles. The highest BCUT2D eigenvalue weighted by Crippen LogP contribution is 2.24. The minimum atomic E-state index is -0.474. The number of benzene rings is 2. The number of carbonyl (C=O) groups is 1. The highest BCUT2D eigenvalue weighted by Gasteiger charge is 2.10. The molecule has 0 aliphatic carbocycles. The van der Waals surface area contributed by atoms with Crippen LogP contribution in [0, 0.1) is 0 Å². The van der Waals surface area contributed by atoms with Crippen molar-refractivity contribution < 1.29 is 4.79 Å². The van der Waals surface area contributed by atoms with Crippen LogP contribution in [0.15, 0.2) is 46.9 Å². The summed E-state index contributed by atoms with van der Waals surface area (Å²) >= 11 is 9.72. The Hall–Kier alpha value is -1.36. The average Bonchev–Trinajstić information content (AvgIpc) is 2.46. The molecule has 0 aliphatic heterocycles. The zero-order valence-electron chi connectivity index (χ0n) is 11.6. The summed E-state index contributed by atoms with van der Waals surface area (Å²) in [6.45, 7) is 2.70. The number of nitrogens with one attached hydrogen (secondary N) is 1. The van der Waals surface area contributed by atoms with Crippen LogP contribution in [0.5, 0.6) is 0 Å². The standard InChI is InChI=1S/C16H16BrClN2O/c1-10(13-4-2-3-5-14(13)17)20-9-12-7-6-11(16(19)21)8-15(12)18/h2-8,10,20H,9H2,1H3,(H2,19,21)/t10-/m0/s1. The quantitative estimate of drug-likeness (QED) is 0.837. The van der Waals surface area contributed by atoms with E-state index in [4.69, 9.17) is 17.3 Å². The summed E-state index contributed by atoms with van der Waals surface area (Å²) in [5.74, 6) is -0.474. The maximum atomic E-state index is 11.1. The van der Waals surface area contributed by atoms with Crippen LogP contribution in [0.25, 0.3) is 0 Å². The Labute approximate surface area is 137 Å². The number of nitrogens with two attached hydrogens (primary N) is 1. The van der Waals surface area contributed by atoms with Gasteiger partial charge >= 0.3 is 0 Å². The highest BCUT2D eigenvalue weighted by molar-refractivity contribution is 9.10. The number of hydrogen-bond acceptors (Lipinski definition) is 2. The molecular weight excluding hydrogens is 352 g/mol. The van der Waals surface area contributed by atoms with Gasteiger partial charge in [0.1, 0.15) is 0 Å². The van der Waals surface area contributed by atoms with Crippen LogP contribution in [0.2, 0.25) is 5.02 Å². The van der Waals surface area contributed by atoms with Crippen molar-refractivity contribution in [3.63, 3.8) is 0 Å². The molecule has 0 saturated carbocycles. The second-order valence-corrected chi connectivity index (χ2v) is 6.06. The second-order valence-electron chi connectivity index (χ2n) is 4.79. The molecule has 0 aliphatic rings. The van der Waals surface area contributed by atoms with Gasteiger partial charge in [0.15, 0.2) is 0 Å². The lowest BCUT2D eigenvalue weighted by Crippen LogP contribution is -2.19. The normalized spacial score (nSPS) is 12.1. The molecule has 1 amide bonds. The molecule has 2 rings (SSSR count). The molecule has 2 aromatic rings. The van der Waals surface area contributed by atoms with Crippen molar-refractivity contribution >= 4 is 33.4 Å². The van der Waals surface area contributed by atoms with Crippen molar-refractivity contribution in [1.29, 1.82) is 0 Å². The number of amides is 1. The monoisotopic (exact) mass is 366 g/mol. The van der Waals surface area contributed by atoms with E-state index in [1.54, 1.807) is 12.1 Å². The Morgan fingerprint density at radius 2 is 2.05 bits per heavy atom. The fourth-order valence-corrected chi connectivity index (χ4v) is 2.92. The highest BCUT2D eigenvalue weighted by atomic mass is 79.9. The van der Waals surface area contributed by atoms with Gasteiger partial charge in [-0.2, -0.15) is 0 Å². The molecule has 110 valence electrons. The molecule has 3 nitrogen and oxygen atoms in total. The largest absolute Gasteiger partial charge is 0.366 e. The molecule has 0 fully saturated rings.